The second-order valence-corrected chi connectivity index (χ2v) is 9.15. The fraction of sp³-hybridized carbons (Fsp3) is 0.167. The Bertz CT molecular complexity index is 1410. The number of benzene rings is 2. The molecular weight excluding hydrogens is 458 g/mol. The van der Waals surface area contributed by atoms with E-state index in [1.54, 1.807) is 28.8 Å². The van der Waals surface area contributed by atoms with E-state index in [-0.39, 0.29) is 17.2 Å². The van der Waals surface area contributed by atoms with Crippen LogP contribution in [-0.2, 0) is 9.53 Å². The second-order valence-electron chi connectivity index (χ2n) is 7.29. The van der Waals surface area contributed by atoms with Crippen molar-refractivity contribution in [2.75, 3.05) is 18.2 Å². The zero-order valence-electron chi connectivity index (χ0n) is 18.2. The summed E-state index contributed by atoms with van der Waals surface area (Å²) in [6.45, 7) is 3.96. The van der Waals surface area contributed by atoms with Crippen LogP contribution in [0.5, 0.6) is 0 Å². The maximum Gasteiger partial charge on any atom is 0.337 e. The molecule has 0 aliphatic rings. The number of hydrogen-bond acceptors (Lipinski definition) is 7. The Morgan fingerprint density at radius 3 is 2.61 bits per heavy atom. The van der Waals surface area contributed by atoms with Crippen LogP contribution >= 0.6 is 23.1 Å². The minimum atomic E-state index is -0.442. The molecular formula is C24H21N3O4S2. The quantitative estimate of drug-likeness (QED) is 0.247. The highest BCUT2D eigenvalue weighted by molar-refractivity contribution is 7.99. The van der Waals surface area contributed by atoms with Gasteiger partial charge >= 0.3 is 5.97 Å². The van der Waals surface area contributed by atoms with Gasteiger partial charge in [0, 0.05) is 5.69 Å². The molecule has 0 radical (unpaired) electrons. The molecule has 4 aromatic rings. The molecule has 4 rings (SSSR count). The number of anilines is 1. The largest absolute Gasteiger partial charge is 0.465 e. The number of ether oxygens (including phenoxy) is 1. The van der Waals surface area contributed by atoms with E-state index in [4.69, 9.17) is 0 Å². The van der Waals surface area contributed by atoms with E-state index in [2.05, 4.69) is 15.0 Å². The molecule has 33 heavy (non-hydrogen) atoms. The SMILES string of the molecule is COC(=O)c1ccc(NC(=O)CSc2nc3ccsc3c(=O)n2-c2cccc(C)c2C)cc1. The van der Waals surface area contributed by atoms with E-state index < -0.39 is 5.97 Å². The van der Waals surface area contributed by atoms with Gasteiger partial charge in [0.1, 0.15) is 4.70 Å². The topological polar surface area (TPSA) is 90.3 Å². The Morgan fingerprint density at radius 2 is 1.88 bits per heavy atom. The molecule has 0 spiro atoms. The molecule has 0 aliphatic heterocycles. The Hall–Kier alpha value is -3.43. The first-order valence-electron chi connectivity index (χ1n) is 10.1. The van der Waals surface area contributed by atoms with Gasteiger partial charge in [-0.15, -0.1) is 11.3 Å². The van der Waals surface area contributed by atoms with Crippen molar-refractivity contribution in [2.24, 2.45) is 0 Å². The van der Waals surface area contributed by atoms with Crippen LogP contribution in [0.15, 0.2) is 63.9 Å². The number of aromatic nitrogens is 2. The van der Waals surface area contributed by atoms with E-state index in [1.165, 1.54) is 30.2 Å². The summed E-state index contributed by atoms with van der Waals surface area (Å²) in [5.41, 5.74) is 4.23. The second kappa shape index (κ2) is 9.60. The minimum Gasteiger partial charge on any atom is -0.465 e. The third kappa shape index (κ3) is 4.69. The van der Waals surface area contributed by atoms with Crippen LogP contribution in [-0.4, -0.2) is 34.3 Å². The Morgan fingerprint density at radius 1 is 1.12 bits per heavy atom. The number of carbonyl (C=O) groups excluding carboxylic acids is 2. The van der Waals surface area contributed by atoms with Crippen LogP contribution in [0.3, 0.4) is 0 Å². The maximum absolute atomic E-state index is 13.3. The van der Waals surface area contributed by atoms with Gasteiger partial charge in [0.2, 0.25) is 5.91 Å². The summed E-state index contributed by atoms with van der Waals surface area (Å²) in [5, 5.41) is 5.09. The fourth-order valence-corrected chi connectivity index (χ4v) is 4.88. The number of methoxy groups -OCH3 is 1. The molecule has 1 amide bonds. The highest BCUT2D eigenvalue weighted by Gasteiger charge is 2.17. The highest BCUT2D eigenvalue weighted by Crippen LogP contribution is 2.26. The van der Waals surface area contributed by atoms with Gasteiger partial charge in [-0.1, -0.05) is 23.9 Å². The standard InChI is InChI=1S/C24H21N3O4S2/c1-14-5-4-6-19(15(14)2)27-22(29)21-18(11-12-32-21)26-24(27)33-13-20(28)25-17-9-7-16(8-10-17)23(30)31-3/h4-12H,13H2,1-3H3,(H,25,28). The number of aryl methyl sites for hydroxylation is 1. The Kier molecular flexibility index (Phi) is 6.62. The van der Waals surface area contributed by atoms with Crippen molar-refractivity contribution in [2.45, 2.75) is 19.0 Å². The van der Waals surface area contributed by atoms with Crippen LogP contribution in [0.1, 0.15) is 21.5 Å². The summed E-state index contributed by atoms with van der Waals surface area (Å²) in [5.74, 6) is -0.633. The number of nitrogens with zero attached hydrogens (tertiary/aromatic N) is 2. The summed E-state index contributed by atoms with van der Waals surface area (Å²) >= 11 is 2.55. The third-order valence-electron chi connectivity index (χ3n) is 5.19. The summed E-state index contributed by atoms with van der Waals surface area (Å²) in [6.07, 6.45) is 0. The zero-order valence-corrected chi connectivity index (χ0v) is 19.9. The summed E-state index contributed by atoms with van der Waals surface area (Å²) in [4.78, 5) is 42.1. The minimum absolute atomic E-state index is 0.0612. The van der Waals surface area contributed by atoms with Gasteiger partial charge in [-0.25, -0.2) is 9.78 Å². The van der Waals surface area contributed by atoms with E-state index in [1.807, 2.05) is 43.5 Å². The molecule has 0 bridgehead atoms. The molecule has 0 saturated heterocycles. The van der Waals surface area contributed by atoms with Crippen molar-refractivity contribution < 1.29 is 14.3 Å². The van der Waals surface area contributed by atoms with Gasteiger partial charge in [0.05, 0.1) is 29.6 Å². The van der Waals surface area contributed by atoms with Crippen LogP contribution in [0.25, 0.3) is 15.9 Å². The molecule has 1 N–H and O–H groups in total. The number of hydrogen-bond donors (Lipinski definition) is 1. The van der Waals surface area contributed by atoms with Gasteiger partial charge in [-0.05, 0) is 66.8 Å². The maximum atomic E-state index is 13.3. The number of nitrogens with one attached hydrogen (secondary N) is 1. The zero-order chi connectivity index (χ0) is 23.5. The van der Waals surface area contributed by atoms with Crippen molar-refractivity contribution in [1.82, 2.24) is 9.55 Å². The number of rotatable bonds is 6. The van der Waals surface area contributed by atoms with E-state index in [0.717, 1.165) is 16.8 Å². The van der Waals surface area contributed by atoms with Gasteiger partial charge in [-0.2, -0.15) is 0 Å². The molecule has 2 aromatic heterocycles. The number of fused-ring (bicyclic) bond motifs is 1. The molecule has 0 fully saturated rings. The number of esters is 1. The van der Waals surface area contributed by atoms with E-state index in [0.29, 0.717) is 26.6 Å². The summed E-state index contributed by atoms with van der Waals surface area (Å²) in [7, 11) is 1.31. The van der Waals surface area contributed by atoms with Crippen LogP contribution in [0, 0.1) is 13.8 Å². The molecule has 0 atom stereocenters. The first kappa shape index (κ1) is 22.8. The van der Waals surface area contributed by atoms with Crippen molar-refractivity contribution in [1.29, 1.82) is 0 Å². The molecule has 9 heteroatoms. The first-order valence-corrected chi connectivity index (χ1v) is 11.9. The lowest BCUT2D eigenvalue weighted by Gasteiger charge is -2.15. The van der Waals surface area contributed by atoms with Crippen molar-refractivity contribution >= 4 is 50.9 Å². The Labute approximate surface area is 198 Å². The monoisotopic (exact) mass is 479 g/mol. The normalized spacial score (nSPS) is 10.9. The van der Waals surface area contributed by atoms with Crippen LogP contribution in [0.4, 0.5) is 5.69 Å². The van der Waals surface area contributed by atoms with Crippen LogP contribution < -0.4 is 10.9 Å². The first-order chi connectivity index (χ1) is 15.9. The lowest BCUT2D eigenvalue weighted by Crippen LogP contribution is -2.23. The smallest absolute Gasteiger partial charge is 0.337 e. The molecule has 2 heterocycles. The van der Waals surface area contributed by atoms with Crippen molar-refractivity contribution in [3.63, 3.8) is 0 Å². The van der Waals surface area contributed by atoms with Gasteiger partial charge < -0.3 is 10.1 Å². The molecule has 7 nitrogen and oxygen atoms in total. The lowest BCUT2D eigenvalue weighted by molar-refractivity contribution is -0.113. The predicted octanol–water partition coefficient (Wildman–Crippen LogP) is 4.58. The summed E-state index contributed by atoms with van der Waals surface area (Å²) in [6, 6.07) is 14.0. The molecule has 0 aliphatic carbocycles. The lowest BCUT2D eigenvalue weighted by atomic mass is 10.1. The number of thioether (sulfide) groups is 1. The average molecular weight is 480 g/mol. The van der Waals surface area contributed by atoms with Gasteiger partial charge in [-0.3, -0.25) is 14.2 Å². The average Bonchev–Trinajstić information content (AvgIpc) is 3.29. The number of thiophene rings is 1. The Balaban J connectivity index is 1.59. The van der Waals surface area contributed by atoms with Gasteiger partial charge in [0.25, 0.3) is 5.56 Å². The number of amides is 1. The molecule has 168 valence electrons. The van der Waals surface area contributed by atoms with E-state index in [9.17, 15) is 14.4 Å². The van der Waals surface area contributed by atoms with Crippen molar-refractivity contribution in [3.8, 4) is 5.69 Å². The predicted molar refractivity (Wildman–Crippen MR) is 132 cm³/mol. The third-order valence-corrected chi connectivity index (χ3v) is 7.02. The fourth-order valence-electron chi connectivity index (χ4n) is 3.31. The molecule has 2 aromatic carbocycles. The van der Waals surface area contributed by atoms with Crippen LogP contribution in [0.2, 0.25) is 0 Å². The highest BCUT2D eigenvalue weighted by atomic mass is 32.2. The summed E-state index contributed by atoms with van der Waals surface area (Å²) < 4.78 is 6.85. The van der Waals surface area contributed by atoms with Crippen molar-refractivity contribution in [3.05, 3.63) is 81.0 Å². The van der Waals surface area contributed by atoms with Gasteiger partial charge in [0.15, 0.2) is 5.16 Å². The van der Waals surface area contributed by atoms with E-state index >= 15 is 0 Å². The molecule has 0 unspecified atom stereocenters. The number of carbonyl (C=O) groups is 2. The molecule has 0 saturated carbocycles.